The standard InChI is InChI=1S/C18H11ClF2N2O/c19-17-8-4-7-15(22-17)18(24)23(13-5-2-1-3-6-13)16-10-9-12(20)11-14(16)21/h1-11H. The van der Waals surface area contributed by atoms with Crippen LogP contribution in [0.4, 0.5) is 20.2 Å². The molecule has 0 radical (unpaired) electrons. The summed E-state index contributed by atoms with van der Waals surface area (Å²) < 4.78 is 27.5. The lowest BCUT2D eigenvalue weighted by Gasteiger charge is -2.23. The fourth-order valence-electron chi connectivity index (χ4n) is 2.25. The number of nitrogens with zero attached hydrogens (tertiary/aromatic N) is 2. The van der Waals surface area contributed by atoms with Crippen LogP contribution in [0, 0.1) is 11.6 Å². The fourth-order valence-corrected chi connectivity index (χ4v) is 2.41. The summed E-state index contributed by atoms with van der Waals surface area (Å²) in [5.74, 6) is -2.15. The number of hydrogen-bond acceptors (Lipinski definition) is 2. The number of carbonyl (C=O) groups excluding carboxylic acids is 1. The van der Waals surface area contributed by atoms with E-state index in [1.165, 1.54) is 18.2 Å². The van der Waals surface area contributed by atoms with Gasteiger partial charge in [0.1, 0.15) is 22.5 Å². The van der Waals surface area contributed by atoms with Crippen LogP contribution >= 0.6 is 11.6 Å². The summed E-state index contributed by atoms with van der Waals surface area (Å²) in [6.45, 7) is 0. The molecule has 0 fully saturated rings. The predicted octanol–water partition coefficient (Wildman–Crippen LogP) is 4.99. The molecule has 0 saturated carbocycles. The fraction of sp³-hybridized carbons (Fsp3) is 0. The van der Waals surface area contributed by atoms with E-state index < -0.39 is 17.5 Å². The molecule has 0 N–H and O–H groups in total. The van der Waals surface area contributed by atoms with Crippen molar-refractivity contribution in [3.05, 3.63) is 89.2 Å². The van der Waals surface area contributed by atoms with Crippen LogP contribution in [-0.4, -0.2) is 10.9 Å². The average molecular weight is 345 g/mol. The molecule has 6 heteroatoms. The molecule has 2 aromatic carbocycles. The zero-order valence-electron chi connectivity index (χ0n) is 12.3. The topological polar surface area (TPSA) is 33.2 Å². The second-order valence-electron chi connectivity index (χ2n) is 4.92. The summed E-state index contributed by atoms with van der Waals surface area (Å²) in [5.41, 5.74) is 0.402. The lowest BCUT2D eigenvalue weighted by Crippen LogP contribution is -2.27. The van der Waals surface area contributed by atoms with Gasteiger partial charge in [0.2, 0.25) is 0 Å². The molecule has 120 valence electrons. The van der Waals surface area contributed by atoms with Gasteiger partial charge >= 0.3 is 0 Å². The van der Waals surface area contributed by atoms with Crippen LogP contribution in [0.3, 0.4) is 0 Å². The first kappa shape index (κ1) is 16.1. The Kier molecular flexibility index (Phi) is 4.53. The van der Waals surface area contributed by atoms with Crippen LogP contribution in [0.1, 0.15) is 10.5 Å². The van der Waals surface area contributed by atoms with Gasteiger partial charge in [0.25, 0.3) is 5.91 Å². The highest BCUT2D eigenvalue weighted by molar-refractivity contribution is 6.29. The molecule has 1 aromatic heterocycles. The zero-order chi connectivity index (χ0) is 17.1. The molecule has 24 heavy (non-hydrogen) atoms. The van der Waals surface area contributed by atoms with Crippen molar-refractivity contribution in [2.24, 2.45) is 0 Å². The lowest BCUT2D eigenvalue weighted by molar-refractivity contribution is 0.0994. The summed E-state index contributed by atoms with van der Waals surface area (Å²) in [6, 6.07) is 16.1. The molecule has 0 unspecified atom stereocenters. The molecule has 1 amide bonds. The molecule has 0 saturated heterocycles. The molecule has 0 aliphatic rings. The molecule has 0 atom stereocenters. The van der Waals surface area contributed by atoms with Crippen molar-refractivity contribution in [3.8, 4) is 0 Å². The summed E-state index contributed by atoms with van der Waals surface area (Å²) >= 11 is 5.83. The van der Waals surface area contributed by atoms with Gasteiger partial charge in [0.05, 0.1) is 5.69 Å². The van der Waals surface area contributed by atoms with E-state index in [2.05, 4.69) is 4.98 Å². The Morgan fingerprint density at radius 1 is 0.958 bits per heavy atom. The van der Waals surface area contributed by atoms with E-state index in [0.29, 0.717) is 5.69 Å². The third-order valence-electron chi connectivity index (χ3n) is 3.30. The maximum atomic E-state index is 14.3. The van der Waals surface area contributed by atoms with Crippen LogP contribution in [0.2, 0.25) is 5.15 Å². The predicted molar refractivity (Wildman–Crippen MR) is 88.5 cm³/mol. The third kappa shape index (κ3) is 3.26. The van der Waals surface area contributed by atoms with Gasteiger partial charge in [-0.3, -0.25) is 9.69 Å². The highest BCUT2D eigenvalue weighted by Crippen LogP contribution is 2.30. The number of anilines is 2. The van der Waals surface area contributed by atoms with Crippen molar-refractivity contribution in [3.63, 3.8) is 0 Å². The Labute approximate surface area is 142 Å². The molecule has 0 spiro atoms. The van der Waals surface area contributed by atoms with Crippen LogP contribution in [-0.2, 0) is 0 Å². The van der Waals surface area contributed by atoms with Crippen LogP contribution in [0.15, 0.2) is 66.7 Å². The third-order valence-corrected chi connectivity index (χ3v) is 3.51. The Balaban J connectivity index is 2.14. The zero-order valence-corrected chi connectivity index (χ0v) is 13.0. The minimum atomic E-state index is -0.853. The Bertz CT molecular complexity index is 887. The van der Waals surface area contributed by atoms with Crippen molar-refractivity contribution in [2.45, 2.75) is 0 Å². The number of aromatic nitrogens is 1. The molecule has 3 rings (SSSR count). The molecule has 0 bridgehead atoms. The van der Waals surface area contributed by atoms with Gasteiger partial charge in [-0.05, 0) is 36.4 Å². The van der Waals surface area contributed by atoms with E-state index in [1.807, 2.05) is 0 Å². The number of pyridine rings is 1. The van der Waals surface area contributed by atoms with Crippen LogP contribution in [0.25, 0.3) is 0 Å². The van der Waals surface area contributed by atoms with Gasteiger partial charge < -0.3 is 0 Å². The highest BCUT2D eigenvalue weighted by Gasteiger charge is 2.24. The highest BCUT2D eigenvalue weighted by atomic mass is 35.5. The number of amides is 1. The summed E-state index contributed by atoms with van der Waals surface area (Å²) in [7, 11) is 0. The second-order valence-corrected chi connectivity index (χ2v) is 5.30. The van der Waals surface area contributed by atoms with Gasteiger partial charge in [0.15, 0.2) is 0 Å². The first-order valence-corrected chi connectivity index (χ1v) is 7.41. The molecule has 0 aliphatic heterocycles. The van der Waals surface area contributed by atoms with Crippen molar-refractivity contribution in [2.75, 3.05) is 4.90 Å². The monoisotopic (exact) mass is 344 g/mol. The molecule has 1 heterocycles. The number of para-hydroxylation sites is 1. The second kappa shape index (κ2) is 6.76. The first-order valence-electron chi connectivity index (χ1n) is 7.03. The summed E-state index contributed by atoms with van der Waals surface area (Å²) in [5, 5.41) is 0.147. The first-order chi connectivity index (χ1) is 11.6. The van der Waals surface area contributed by atoms with E-state index in [4.69, 9.17) is 11.6 Å². The lowest BCUT2D eigenvalue weighted by atomic mass is 10.2. The smallest absolute Gasteiger partial charge is 0.273 e. The van der Waals surface area contributed by atoms with E-state index in [9.17, 15) is 13.6 Å². The van der Waals surface area contributed by atoms with Crippen molar-refractivity contribution in [1.29, 1.82) is 0 Å². The van der Waals surface area contributed by atoms with Crippen molar-refractivity contribution < 1.29 is 13.6 Å². The summed E-state index contributed by atoms with van der Waals surface area (Å²) in [6.07, 6.45) is 0. The van der Waals surface area contributed by atoms with E-state index in [0.717, 1.165) is 17.0 Å². The minimum Gasteiger partial charge on any atom is -0.273 e. The van der Waals surface area contributed by atoms with Gasteiger partial charge in [-0.2, -0.15) is 0 Å². The van der Waals surface area contributed by atoms with Gasteiger partial charge in [-0.25, -0.2) is 13.8 Å². The normalized spacial score (nSPS) is 10.5. The molecular weight excluding hydrogens is 334 g/mol. The van der Waals surface area contributed by atoms with Crippen molar-refractivity contribution >= 4 is 28.9 Å². The Morgan fingerprint density at radius 2 is 1.71 bits per heavy atom. The van der Waals surface area contributed by atoms with Crippen molar-refractivity contribution in [1.82, 2.24) is 4.98 Å². The van der Waals surface area contributed by atoms with Crippen LogP contribution in [0.5, 0.6) is 0 Å². The Hall–Kier alpha value is -2.79. The van der Waals surface area contributed by atoms with Gasteiger partial charge in [-0.15, -0.1) is 0 Å². The van der Waals surface area contributed by atoms with Gasteiger partial charge in [0, 0.05) is 11.8 Å². The average Bonchev–Trinajstić information content (AvgIpc) is 2.58. The van der Waals surface area contributed by atoms with Crippen LogP contribution < -0.4 is 4.90 Å². The van der Waals surface area contributed by atoms with E-state index >= 15 is 0 Å². The quantitative estimate of drug-likeness (QED) is 0.627. The number of carbonyl (C=O) groups is 1. The van der Waals surface area contributed by atoms with E-state index in [1.54, 1.807) is 36.4 Å². The number of halogens is 3. The number of benzene rings is 2. The molecule has 3 aromatic rings. The summed E-state index contributed by atoms with van der Waals surface area (Å²) in [4.78, 5) is 18.0. The maximum absolute atomic E-state index is 14.3. The molecule has 3 nitrogen and oxygen atoms in total. The number of rotatable bonds is 3. The Morgan fingerprint density at radius 3 is 2.38 bits per heavy atom. The van der Waals surface area contributed by atoms with Gasteiger partial charge in [-0.1, -0.05) is 35.9 Å². The SMILES string of the molecule is O=C(c1cccc(Cl)n1)N(c1ccccc1)c1ccc(F)cc1F. The number of hydrogen-bond donors (Lipinski definition) is 0. The maximum Gasteiger partial charge on any atom is 0.281 e. The largest absolute Gasteiger partial charge is 0.281 e. The minimum absolute atomic E-state index is 0.0510. The molecular formula is C18H11ClF2N2O. The van der Waals surface area contributed by atoms with E-state index in [-0.39, 0.29) is 16.5 Å². The molecule has 0 aliphatic carbocycles.